The topological polar surface area (TPSA) is 83.6 Å². The lowest BCUT2D eigenvalue weighted by molar-refractivity contribution is -0.138. The molecule has 0 saturated carbocycles. The highest BCUT2D eigenvalue weighted by Crippen LogP contribution is 2.17. The van der Waals surface area contributed by atoms with Gasteiger partial charge in [-0.15, -0.1) is 0 Å². The monoisotopic (exact) mass is 200 g/mol. The fourth-order valence-electron chi connectivity index (χ4n) is 1.77. The molecular weight excluding hydrogens is 184 g/mol. The molecule has 80 valence electrons. The van der Waals surface area contributed by atoms with E-state index >= 15 is 0 Å². The van der Waals surface area contributed by atoms with Crippen LogP contribution in [0.4, 0.5) is 0 Å². The highest BCUT2D eigenvalue weighted by molar-refractivity contribution is 5.82. The molecule has 0 bridgehead atoms. The Balaban J connectivity index is 2.31. The minimum Gasteiger partial charge on any atom is -0.480 e. The predicted molar refractivity (Wildman–Crippen MR) is 50.9 cm³/mol. The molecule has 1 fully saturated rings. The average molecular weight is 200 g/mol. The molecule has 0 unspecified atom stereocenters. The molecule has 5 heteroatoms. The Kier molecular flexibility index (Phi) is 4.03. The average Bonchev–Trinajstić information content (AvgIpc) is 2.17. The molecule has 0 atom stereocenters. The first-order valence-corrected chi connectivity index (χ1v) is 4.80. The molecule has 1 aliphatic heterocycles. The second-order valence-corrected chi connectivity index (χ2v) is 3.61. The molecular formula is C9H16N2O3. The Morgan fingerprint density at radius 2 is 1.93 bits per heavy atom. The lowest BCUT2D eigenvalue weighted by atomic mass is 9.92. The van der Waals surface area contributed by atoms with Crippen LogP contribution in [0.2, 0.25) is 0 Å². The Morgan fingerprint density at radius 3 is 2.36 bits per heavy atom. The van der Waals surface area contributed by atoms with Gasteiger partial charge in [0.15, 0.2) is 0 Å². The molecule has 0 aromatic heterocycles. The van der Waals surface area contributed by atoms with Gasteiger partial charge in [-0.3, -0.25) is 14.5 Å². The van der Waals surface area contributed by atoms with Gasteiger partial charge in [-0.2, -0.15) is 0 Å². The van der Waals surface area contributed by atoms with Gasteiger partial charge in [-0.25, -0.2) is 0 Å². The maximum absolute atomic E-state index is 11.2. The number of rotatable bonds is 4. The van der Waals surface area contributed by atoms with Crippen molar-refractivity contribution < 1.29 is 14.7 Å². The summed E-state index contributed by atoms with van der Waals surface area (Å²) in [5, 5.41) is 8.56. The summed E-state index contributed by atoms with van der Waals surface area (Å²) in [5.41, 5.74) is 5.26. The number of carbonyl (C=O) groups excluding carboxylic acids is 1. The molecule has 0 aromatic carbocycles. The number of piperidine rings is 1. The van der Waals surface area contributed by atoms with E-state index in [9.17, 15) is 9.59 Å². The van der Waals surface area contributed by atoms with Crippen molar-refractivity contribution >= 4 is 11.8 Å². The lowest BCUT2D eigenvalue weighted by Crippen LogP contribution is -2.40. The Bertz CT molecular complexity index is 222. The highest BCUT2D eigenvalue weighted by atomic mass is 16.4. The molecule has 0 amide bonds. The van der Waals surface area contributed by atoms with Gasteiger partial charge in [-0.1, -0.05) is 0 Å². The normalized spacial score (nSPS) is 19.5. The van der Waals surface area contributed by atoms with Crippen molar-refractivity contribution in [1.82, 2.24) is 4.90 Å². The second-order valence-electron chi connectivity index (χ2n) is 3.61. The van der Waals surface area contributed by atoms with Crippen molar-refractivity contribution in [3.8, 4) is 0 Å². The molecule has 0 aromatic rings. The number of aliphatic carboxylic acids is 1. The van der Waals surface area contributed by atoms with Crippen molar-refractivity contribution in [3.05, 3.63) is 0 Å². The van der Waals surface area contributed by atoms with Crippen molar-refractivity contribution in [3.63, 3.8) is 0 Å². The summed E-state index contributed by atoms with van der Waals surface area (Å²) in [4.78, 5) is 23.5. The van der Waals surface area contributed by atoms with Gasteiger partial charge >= 0.3 is 5.97 Å². The van der Waals surface area contributed by atoms with Crippen LogP contribution in [0.25, 0.3) is 0 Å². The fourth-order valence-corrected chi connectivity index (χ4v) is 1.77. The smallest absolute Gasteiger partial charge is 0.317 e. The number of nitrogens with zero attached hydrogens (tertiary/aromatic N) is 1. The van der Waals surface area contributed by atoms with Gasteiger partial charge in [-0.05, 0) is 25.9 Å². The zero-order valence-corrected chi connectivity index (χ0v) is 8.11. The SMILES string of the molecule is NCC(=O)C1CCN(CC(=O)O)CC1. The number of carboxylic acid groups (broad SMARTS) is 1. The fraction of sp³-hybridized carbons (Fsp3) is 0.778. The minimum absolute atomic E-state index is 0.0463. The molecule has 5 nitrogen and oxygen atoms in total. The lowest BCUT2D eigenvalue weighted by Gasteiger charge is -2.29. The van der Waals surface area contributed by atoms with E-state index in [2.05, 4.69) is 0 Å². The van der Waals surface area contributed by atoms with E-state index in [0.29, 0.717) is 13.1 Å². The first kappa shape index (κ1) is 11.1. The number of likely N-dealkylation sites (tertiary alicyclic amines) is 1. The Hall–Kier alpha value is -0.940. The van der Waals surface area contributed by atoms with Crippen LogP contribution in [-0.4, -0.2) is 47.9 Å². The van der Waals surface area contributed by atoms with E-state index in [1.807, 2.05) is 4.90 Å². The molecule has 1 saturated heterocycles. The second kappa shape index (κ2) is 5.07. The summed E-state index contributed by atoms with van der Waals surface area (Å²) in [5.74, 6) is -0.668. The van der Waals surface area contributed by atoms with Crippen LogP contribution in [0.5, 0.6) is 0 Å². The summed E-state index contributed by atoms with van der Waals surface area (Å²) in [6.45, 7) is 1.54. The number of hydrogen-bond donors (Lipinski definition) is 2. The van der Waals surface area contributed by atoms with Crippen LogP contribution in [0.15, 0.2) is 0 Å². The van der Waals surface area contributed by atoms with Gasteiger partial charge in [0.25, 0.3) is 0 Å². The third kappa shape index (κ3) is 3.08. The van der Waals surface area contributed by atoms with Gasteiger partial charge in [0, 0.05) is 5.92 Å². The van der Waals surface area contributed by atoms with E-state index in [4.69, 9.17) is 10.8 Å². The molecule has 0 radical (unpaired) electrons. The Morgan fingerprint density at radius 1 is 1.36 bits per heavy atom. The van der Waals surface area contributed by atoms with E-state index < -0.39 is 5.97 Å². The zero-order chi connectivity index (χ0) is 10.6. The summed E-state index contributed by atoms with van der Waals surface area (Å²) in [6.07, 6.45) is 1.48. The number of nitrogens with two attached hydrogens (primary N) is 1. The Labute approximate surface area is 82.9 Å². The summed E-state index contributed by atoms with van der Waals surface area (Å²) < 4.78 is 0. The van der Waals surface area contributed by atoms with Gasteiger partial charge in [0.2, 0.25) is 0 Å². The summed E-state index contributed by atoms with van der Waals surface area (Å²) in [6, 6.07) is 0. The number of carbonyl (C=O) groups is 2. The van der Waals surface area contributed by atoms with Crippen LogP contribution in [-0.2, 0) is 9.59 Å². The number of Topliss-reactive ketones (excluding diaryl/α,β-unsaturated/α-hetero) is 1. The molecule has 0 aliphatic carbocycles. The minimum atomic E-state index is -0.811. The van der Waals surface area contributed by atoms with Gasteiger partial charge < -0.3 is 10.8 Å². The number of hydrogen-bond acceptors (Lipinski definition) is 4. The number of carboxylic acids is 1. The molecule has 1 heterocycles. The largest absolute Gasteiger partial charge is 0.480 e. The van der Waals surface area contributed by atoms with Crippen LogP contribution in [0, 0.1) is 5.92 Å². The molecule has 3 N–H and O–H groups in total. The van der Waals surface area contributed by atoms with Crippen LogP contribution < -0.4 is 5.73 Å². The van der Waals surface area contributed by atoms with Crippen molar-refractivity contribution in [2.45, 2.75) is 12.8 Å². The standard InChI is InChI=1S/C9H16N2O3/c10-5-8(12)7-1-3-11(4-2-7)6-9(13)14/h7H,1-6,10H2,(H,13,14). The zero-order valence-electron chi connectivity index (χ0n) is 8.11. The van der Waals surface area contributed by atoms with Gasteiger partial charge in [0.05, 0.1) is 13.1 Å². The van der Waals surface area contributed by atoms with Gasteiger partial charge in [0.1, 0.15) is 5.78 Å². The molecule has 0 spiro atoms. The van der Waals surface area contributed by atoms with Crippen molar-refractivity contribution in [1.29, 1.82) is 0 Å². The van der Waals surface area contributed by atoms with E-state index in [0.717, 1.165) is 12.8 Å². The number of ketones is 1. The predicted octanol–water partition coefficient (Wildman–Crippen LogP) is -0.689. The summed E-state index contributed by atoms with van der Waals surface area (Å²) in [7, 11) is 0. The van der Waals surface area contributed by atoms with Crippen molar-refractivity contribution in [2.24, 2.45) is 11.7 Å². The maximum atomic E-state index is 11.2. The first-order chi connectivity index (χ1) is 6.63. The van der Waals surface area contributed by atoms with E-state index in [-0.39, 0.29) is 24.8 Å². The van der Waals surface area contributed by atoms with Crippen LogP contribution >= 0.6 is 0 Å². The molecule has 1 aliphatic rings. The van der Waals surface area contributed by atoms with E-state index in [1.54, 1.807) is 0 Å². The van der Waals surface area contributed by atoms with Crippen molar-refractivity contribution in [2.75, 3.05) is 26.2 Å². The molecule has 1 rings (SSSR count). The molecule has 14 heavy (non-hydrogen) atoms. The first-order valence-electron chi connectivity index (χ1n) is 4.80. The van der Waals surface area contributed by atoms with Crippen LogP contribution in [0.3, 0.4) is 0 Å². The summed E-state index contributed by atoms with van der Waals surface area (Å²) >= 11 is 0. The highest BCUT2D eigenvalue weighted by Gasteiger charge is 2.24. The third-order valence-electron chi connectivity index (χ3n) is 2.60. The third-order valence-corrected chi connectivity index (χ3v) is 2.60. The van der Waals surface area contributed by atoms with E-state index in [1.165, 1.54) is 0 Å². The van der Waals surface area contributed by atoms with Crippen LogP contribution in [0.1, 0.15) is 12.8 Å². The quantitative estimate of drug-likeness (QED) is 0.627. The maximum Gasteiger partial charge on any atom is 0.317 e.